The van der Waals surface area contributed by atoms with Gasteiger partial charge in [0.15, 0.2) is 0 Å². The second-order valence-corrected chi connectivity index (χ2v) is 12.4. The molecule has 0 spiro atoms. The Kier molecular flexibility index (Phi) is 6.51. The molecule has 0 amide bonds. The standard InChI is InChI=1S/C36H36BNS/c1-8-38-31-12-10-9-11-29(31)30-21-28(13-14-32(30)38)33-15-16-34(39-33)37(35-24(4)17-22(2)18-25(35)5)36-26(6)19-23(3)20-27(36)7/h9-21H,8H2,1-7H3. The number of hydrogen-bond acceptors (Lipinski definition) is 1. The molecule has 194 valence electrons. The Bertz CT molecular complexity index is 1770. The van der Waals surface area contributed by atoms with Gasteiger partial charge in [0, 0.05) is 33.2 Å². The molecular weight excluding hydrogens is 489 g/mol. The van der Waals surface area contributed by atoms with Crippen molar-refractivity contribution in [1.29, 1.82) is 0 Å². The highest BCUT2D eigenvalue weighted by Gasteiger charge is 2.30. The summed E-state index contributed by atoms with van der Waals surface area (Å²) in [7, 11) is 0. The maximum atomic E-state index is 2.43. The molecule has 0 aliphatic rings. The zero-order valence-electron chi connectivity index (χ0n) is 24.1. The maximum absolute atomic E-state index is 2.43. The van der Waals surface area contributed by atoms with Crippen LogP contribution in [0.2, 0.25) is 0 Å². The van der Waals surface area contributed by atoms with Crippen molar-refractivity contribution in [1.82, 2.24) is 4.57 Å². The van der Waals surface area contributed by atoms with Crippen molar-refractivity contribution < 1.29 is 0 Å². The van der Waals surface area contributed by atoms with E-state index >= 15 is 0 Å². The molecule has 0 saturated heterocycles. The predicted octanol–water partition coefficient (Wildman–Crippen LogP) is 7.91. The van der Waals surface area contributed by atoms with Gasteiger partial charge >= 0.3 is 0 Å². The highest BCUT2D eigenvalue weighted by molar-refractivity contribution is 7.29. The molecule has 0 unspecified atom stereocenters. The van der Waals surface area contributed by atoms with Gasteiger partial charge in [-0.25, -0.2) is 0 Å². The van der Waals surface area contributed by atoms with Crippen molar-refractivity contribution in [2.24, 2.45) is 0 Å². The van der Waals surface area contributed by atoms with Gasteiger partial charge in [0.05, 0.1) is 0 Å². The normalized spacial score (nSPS) is 11.6. The van der Waals surface area contributed by atoms with Crippen molar-refractivity contribution in [3.63, 3.8) is 0 Å². The summed E-state index contributed by atoms with van der Waals surface area (Å²) >= 11 is 1.95. The minimum Gasteiger partial charge on any atom is -0.341 e. The summed E-state index contributed by atoms with van der Waals surface area (Å²) in [5.74, 6) is 0. The summed E-state index contributed by atoms with van der Waals surface area (Å²) in [6, 6.07) is 29.9. The van der Waals surface area contributed by atoms with E-state index in [-0.39, 0.29) is 6.71 Å². The zero-order valence-corrected chi connectivity index (χ0v) is 25.0. The van der Waals surface area contributed by atoms with E-state index in [1.54, 1.807) is 0 Å². The van der Waals surface area contributed by atoms with E-state index in [0.29, 0.717) is 0 Å². The second-order valence-electron chi connectivity index (χ2n) is 11.3. The third-order valence-electron chi connectivity index (χ3n) is 8.34. The van der Waals surface area contributed by atoms with Crippen LogP contribution in [0.1, 0.15) is 40.3 Å². The van der Waals surface area contributed by atoms with Gasteiger partial charge in [-0.1, -0.05) is 98.9 Å². The first-order valence-electron chi connectivity index (χ1n) is 14.0. The van der Waals surface area contributed by atoms with Crippen LogP contribution in [0.25, 0.3) is 32.2 Å². The van der Waals surface area contributed by atoms with E-state index in [0.717, 1.165) is 6.54 Å². The summed E-state index contributed by atoms with van der Waals surface area (Å²) in [4.78, 5) is 1.33. The van der Waals surface area contributed by atoms with Gasteiger partial charge in [0.1, 0.15) is 0 Å². The SMILES string of the molecule is CCn1c2ccccc2c2cc(-c3ccc(B(c4c(C)cc(C)cc4C)c4c(C)cc(C)cc4C)s3)ccc21. The number of aryl methyl sites for hydroxylation is 7. The minimum absolute atomic E-state index is 0.218. The molecule has 0 atom stereocenters. The first-order chi connectivity index (χ1) is 18.8. The monoisotopic (exact) mass is 525 g/mol. The van der Waals surface area contributed by atoms with Crippen molar-refractivity contribution in [2.45, 2.75) is 55.0 Å². The molecule has 39 heavy (non-hydrogen) atoms. The van der Waals surface area contributed by atoms with E-state index in [1.807, 2.05) is 11.3 Å². The van der Waals surface area contributed by atoms with Gasteiger partial charge in [-0.3, -0.25) is 0 Å². The number of thiophene rings is 1. The molecular formula is C36H36BNS. The van der Waals surface area contributed by atoms with Crippen molar-refractivity contribution in [2.75, 3.05) is 0 Å². The third kappa shape index (κ3) is 4.34. The molecule has 0 saturated carbocycles. The van der Waals surface area contributed by atoms with Gasteiger partial charge < -0.3 is 4.57 Å². The largest absolute Gasteiger partial charge is 0.341 e. The lowest BCUT2D eigenvalue weighted by Crippen LogP contribution is -2.54. The molecule has 0 fully saturated rings. The Morgan fingerprint density at radius 2 is 1.18 bits per heavy atom. The highest BCUT2D eigenvalue weighted by atomic mass is 32.1. The first kappa shape index (κ1) is 25.7. The van der Waals surface area contributed by atoms with Crippen LogP contribution < -0.4 is 15.7 Å². The van der Waals surface area contributed by atoms with Gasteiger partial charge in [0.25, 0.3) is 6.71 Å². The van der Waals surface area contributed by atoms with Crippen LogP contribution in [0, 0.1) is 41.5 Å². The molecule has 3 heteroatoms. The van der Waals surface area contributed by atoms with E-state index in [4.69, 9.17) is 0 Å². The number of benzene rings is 4. The number of aromatic nitrogens is 1. The summed E-state index contributed by atoms with van der Waals surface area (Å²) in [6.45, 7) is 17.0. The number of hydrogen-bond donors (Lipinski definition) is 0. The van der Waals surface area contributed by atoms with Crippen LogP contribution in [-0.4, -0.2) is 11.3 Å². The topological polar surface area (TPSA) is 4.93 Å². The van der Waals surface area contributed by atoms with E-state index < -0.39 is 0 Å². The molecule has 2 heterocycles. The molecule has 6 rings (SSSR count). The number of para-hydroxylation sites is 1. The molecule has 4 aromatic carbocycles. The lowest BCUT2D eigenvalue weighted by atomic mass is 9.37. The fraction of sp³-hybridized carbons (Fsp3) is 0.222. The van der Waals surface area contributed by atoms with Gasteiger partial charge in [0.2, 0.25) is 0 Å². The van der Waals surface area contributed by atoms with E-state index in [9.17, 15) is 0 Å². The Labute approximate surface area is 237 Å². The highest BCUT2D eigenvalue weighted by Crippen LogP contribution is 2.34. The molecule has 0 aliphatic carbocycles. The summed E-state index contributed by atoms with van der Waals surface area (Å²) in [5, 5.41) is 2.68. The van der Waals surface area contributed by atoms with Crippen LogP contribution in [0.5, 0.6) is 0 Å². The molecule has 6 aromatic rings. The molecule has 2 aromatic heterocycles. The fourth-order valence-corrected chi connectivity index (χ4v) is 8.06. The molecule has 0 radical (unpaired) electrons. The molecule has 0 bridgehead atoms. The lowest BCUT2D eigenvalue weighted by Gasteiger charge is -2.23. The summed E-state index contributed by atoms with van der Waals surface area (Å²) in [6.07, 6.45) is 0. The van der Waals surface area contributed by atoms with Crippen LogP contribution in [0.3, 0.4) is 0 Å². The van der Waals surface area contributed by atoms with Crippen LogP contribution in [-0.2, 0) is 6.54 Å². The average molecular weight is 526 g/mol. The smallest absolute Gasteiger partial charge is 0.255 e. The maximum Gasteiger partial charge on any atom is 0.255 e. The van der Waals surface area contributed by atoms with Crippen molar-refractivity contribution >= 4 is 55.6 Å². The number of fused-ring (bicyclic) bond motifs is 3. The Morgan fingerprint density at radius 3 is 1.77 bits per heavy atom. The Morgan fingerprint density at radius 1 is 0.615 bits per heavy atom. The van der Waals surface area contributed by atoms with E-state index in [1.165, 1.54) is 81.3 Å². The van der Waals surface area contributed by atoms with Gasteiger partial charge in [-0.15, -0.1) is 11.3 Å². The average Bonchev–Trinajstić information content (AvgIpc) is 3.49. The van der Waals surface area contributed by atoms with E-state index in [2.05, 4.69) is 132 Å². The quantitative estimate of drug-likeness (QED) is 0.202. The van der Waals surface area contributed by atoms with Crippen LogP contribution in [0.15, 0.2) is 78.9 Å². The molecule has 0 N–H and O–H groups in total. The third-order valence-corrected chi connectivity index (χ3v) is 9.54. The second kappa shape index (κ2) is 9.88. The summed E-state index contributed by atoms with van der Waals surface area (Å²) in [5.41, 5.74) is 15.0. The molecule has 0 aliphatic heterocycles. The first-order valence-corrected chi connectivity index (χ1v) is 14.8. The predicted molar refractivity (Wildman–Crippen MR) is 174 cm³/mol. The van der Waals surface area contributed by atoms with Gasteiger partial charge in [-0.2, -0.15) is 0 Å². The van der Waals surface area contributed by atoms with Crippen LogP contribution >= 0.6 is 11.3 Å². The van der Waals surface area contributed by atoms with Crippen molar-refractivity contribution in [3.8, 4) is 10.4 Å². The zero-order chi connectivity index (χ0) is 27.4. The van der Waals surface area contributed by atoms with Crippen LogP contribution in [0.4, 0.5) is 0 Å². The lowest BCUT2D eigenvalue weighted by molar-refractivity contribution is 0.827. The summed E-state index contributed by atoms with van der Waals surface area (Å²) < 4.78 is 3.84. The van der Waals surface area contributed by atoms with Gasteiger partial charge in [-0.05, 0) is 83.1 Å². The Balaban J connectivity index is 1.54. The fourth-order valence-electron chi connectivity index (χ4n) is 6.93. The number of rotatable bonds is 5. The minimum atomic E-state index is 0.218. The van der Waals surface area contributed by atoms with Crippen molar-refractivity contribution in [3.05, 3.63) is 112 Å². The number of nitrogens with zero attached hydrogens (tertiary/aromatic N) is 1. The molecule has 1 nitrogen and oxygen atoms in total. The Hall–Kier alpha value is -3.56.